The topological polar surface area (TPSA) is 48.4 Å². The van der Waals surface area contributed by atoms with Crippen LogP contribution in [0.25, 0.3) is 0 Å². The Morgan fingerprint density at radius 3 is 2.82 bits per heavy atom. The maximum Gasteiger partial charge on any atom is 0.320 e. The smallest absolute Gasteiger partial charge is 0.320 e. The molecule has 1 aromatic rings. The van der Waals surface area contributed by atoms with Crippen LogP contribution < -0.4 is 4.74 Å². The minimum absolute atomic E-state index is 0.199. The Kier molecular flexibility index (Phi) is 3.55. The highest BCUT2D eigenvalue weighted by atomic mass is 16.5. The van der Waals surface area contributed by atoms with Gasteiger partial charge in [-0.15, -0.1) is 0 Å². The summed E-state index contributed by atoms with van der Waals surface area (Å²) in [5.41, 5.74) is 3.51. The van der Waals surface area contributed by atoms with Crippen LogP contribution in [0.1, 0.15) is 31.5 Å². The number of allylic oxidation sites excluding steroid dienone is 3. The zero-order valence-corrected chi connectivity index (χ0v) is 13.5. The third-order valence-corrected chi connectivity index (χ3v) is 4.80. The summed E-state index contributed by atoms with van der Waals surface area (Å²) in [5.74, 6) is 0.581. The van der Waals surface area contributed by atoms with Crippen molar-refractivity contribution < 1.29 is 14.3 Å². The normalized spacial score (nSPS) is 27.9. The van der Waals surface area contributed by atoms with E-state index >= 15 is 0 Å². The molecule has 2 unspecified atom stereocenters. The largest absolute Gasteiger partial charge is 0.481 e. The summed E-state index contributed by atoms with van der Waals surface area (Å²) >= 11 is 0. The minimum Gasteiger partial charge on any atom is -0.481 e. The molecule has 0 saturated heterocycles. The first-order valence-electron chi connectivity index (χ1n) is 7.53. The van der Waals surface area contributed by atoms with Gasteiger partial charge < -0.3 is 9.47 Å². The van der Waals surface area contributed by atoms with Crippen molar-refractivity contribution in [3.8, 4) is 5.88 Å². The third-order valence-electron chi connectivity index (χ3n) is 4.80. The van der Waals surface area contributed by atoms with Crippen LogP contribution >= 0.6 is 0 Å². The molecule has 2 aliphatic carbocycles. The summed E-state index contributed by atoms with van der Waals surface area (Å²) in [6, 6.07) is 3.79. The van der Waals surface area contributed by atoms with E-state index in [9.17, 15) is 4.79 Å². The summed E-state index contributed by atoms with van der Waals surface area (Å²) in [7, 11) is 3.06. The number of methoxy groups -OCH3 is 2. The Labute approximate surface area is 130 Å². The number of rotatable bonds is 2. The van der Waals surface area contributed by atoms with Gasteiger partial charge in [0.2, 0.25) is 5.88 Å². The SMILES string of the molecule is C/C=C1\C2C=C(C)CC1(C(=O)OC)c1ccc(OC)nc1C2. The van der Waals surface area contributed by atoms with E-state index in [-0.39, 0.29) is 11.9 Å². The molecule has 1 heterocycles. The Bertz CT molecular complexity index is 690. The number of aromatic nitrogens is 1. The summed E-state index contributed by atoms with van der Waals surface area (Å²) in [6.45, 7) is 4.08. The van der Waals surface area contributed by atoms with Gasteiger partial charge in [-0.05, 0) is 31.4 Å². The molecular formula is C18H21NO3. The number of esters is 1. The van der Waals surface area contributed by atoms with Crippen molar-refractivity contribution in [3.05, 3.63) is 46.7 Å². The molecule has 0 aliphatic heterocycles. The highest BCUT2D eigenvalue weighted by Gasteiger charge is 2.53. The average Bonchev–Trinajstić information content (AvgIpc) is 2.52. The van der Waals surface area contributed by atoms with Gasteiger partial charge in [0.1, 0.15) is 5.41 Å². The van der Waals surface area contributed by atoms with Crippen molar-refractivity contribution in [2.24, 2.45) is 5.92 Å². The van der Waals surface area contributed by atoms with Crippen molar-refractivity contribution in [1.29, 1.82) is 0 Å². The average molecular weight is 299 g/mol. The lowest BCUT2D eigenvalue weighted by Gasteiger charge is -2.45. The maximum absolute atomic E-state index is 12.8. The molecule has 2 aliphatic rings. The molecule has 1 aromatic heterocycles. The first-order chi connectivity index (χ1) is 10.6. The zero-order valence-electron chi connectivity index (χ0n) is 13.5. The van der Waals surface area contributed by atoms with E-state index in [0.29, 0.717) is 12.3 Å². The molecule has 0 saturated carbocycles. The minimum atomic E-state index is -0.736. The Hall–Kier alpha value is -2.10. The van der Waals surface area contributed by atoms with Crippen molar-refractivity contribution in [1.82, 2.24) is 4.98 Å². The van der Waals surface area contributed by atoms with Gasteiger partial charge in [-0.2, -0.15) is 0 Å². The van der Waals surface area contributed by atoms with Crippen LogP contribution in [0, 0.1) is 5.92 Å². The van der Waals surface area contributed by atoms with Gasteiger partial charge >= 0.3 is 5.97 Å². The van der Waals surface area contributed by atoms with Crippen LogP contribution in [0.15, 0.2) is 35.4 Å². The van der Waals surface area contributed by atoms with E-state index in [2.05, 4.69) is 24.1 Å². The molecule has 3 rings (SSSR count). The first kappa shape index (κ1) is 14.8. The highest BCUT2D eigenvalue weighted by molar-refractivity contribution is 5.89. The van der Waals surface area contributed by atoms with Gasteiger partial charge in [-0.1, -0.05) is 23.8 Å². The second-order valence-corrected chi connectivity index (χ2v) is 5.99. The molecule has 116 valence electrons. The van der Waals surface area contributed by atoms with Gasteiger partial charge in [0.15, 0.2) is 0 Å². The second-order valence-electron chi connectivity index (χ2n) is 5.99. The summed E-state index contributed by atoms with van der Waals surface area (Å²) in [4.78, 5) is 17.4. The Balaban J connectivity index is 2.29. The van der Waals surface area contributed by atoms with Crippen molar-refractivity contribution in [2.75, 3.05) is 14.2 Å². The molecule has 0 spiro atoms. The standard InChI is InChI=1S/C18H21NO3/c1-5-13-12-8-11(2)10-18(13,17(20)22-4)14-6-7-16(21-3)19-15(14)9-12/h5-8,12H,9-10H2,1-4H3/b13-5+. The van der Waals surface area contributed by atoms with Gasteiger partial charge in [0.05, 0.1) is 19.9 Å². The van der Waals surface area contributed by atoms with E-state index in [4.69, 9.17) is 9.47 Å². The highest BCUT2D eigenvalue weighted by Crippen LogP contribution is 2.52. The fourth-order valence-corrected chi connectivity index (χ4v) is 4.03. The second kappa shape index (κ2) is 5.27. The van der Waals surface area contributed by atoms with Gasteiger partial charge in [0, 0.05) is 18.4 Å². The molecule has 0 fully saturated rings. The predicted octanol–water partition coefficient (Wildman–Crippen LogP) is 2.97. The van der Waals surface area contributed by atoms with Crippen LogP contribution in [0.4, 0.5) is 0 Å². The molecule has 22 heavy (non-hydrogen) atoms. The maximum atomic E-state index is 12.8. The quantitative estimate of drug-likeness (QED) is 0.622. The molecule has 0 radical (unpaired) electrons. The molecule has 2 atom stereocenters. The Morgan fingerprint density at radius 2 is 2.18 bits per heavy atom. The molecule has 4 nitrogen and oxygen atoms in total. The lowest BCUT2D eigenvalue weighted by molar-refractivity contribution is -0.146. The van der Waals surface area contributed by atoms with Crippen LogP contribution in [0.5, 0.6) is 5.88 Å². The van der Waals surface area contributed by atoms with Gasteiger partial charge in [0.25, 0.3) is 0 Å². The van der Waals surface area contributed by atoms with Crippen molar-refractivity contribution in [3.63, 3.8) is 0 Å². The molecule has 2 bridgehead atoms. The van der Waals surface area contributed by atoms with Crippen LogP contribution in [0.2, 0.25) is 0 Å². The lowest BCUT2D eigenvalue weighted by Crippen LogP contribution is -2.47. The van der Waals surface area contributed by atoms with Crippen molar-refractivity contribution >= 4 is 5.97 Å². The summed E-state index contributed by atoms with van der Waals surface area (Å²) in [6.07, 6.45) is 5.76. The summed E-state index contributed by atoms with van der Waals surface area (Å²) in [5, 5.41) is 0. The number of hydrogen-bond donors (Lipinski definition) is 0. The molecule has 0 aromatic carbocycles. The first-order valence-corrected chi connectivity index (χ1v) is 7.53. The van der Waals surface area contributed by atoms with E-state index < -0.39 is 5.41 Å². The number of carbonyl (C=O) groups is 1. The number of fused-ring (bicyclic) bond motifs is 4. The summed E-state index contributed by atoms with van der Waals surface area (Å²) < 4.78 is 10.4. The fraction of sp³-hybridized carbons (Fsp3) is 0.444. The number of pyridine rings is 1. The van der Waals surface area contributed by atoms with Crippen LogP contribution in [-0.4, -0.2) is 25.2 Å². The van der Waals surface area contributed by atoms with E-state index in [1.165, 1.54) is 12.7 Å². The van der Waals surface area contributed by atoms with E-state index in [1.807, 2.05) is 19.1 Å². The van der Waals surface area contributed by atoms with Crippen LogP contribution in [0.3, 0.4) is 0 Å². The van der Waals surface area contributed by atoms with E-state index in [0.717, 1.165) is 23.3 Å². The fourth-order valence-electron chi connectivity index (χ4n) is 4.03. The molecule has 0 N–H and O–H groups in total. The number of hydrogen-bond acceptors (Lipinski definition) is 4. The van der Waals surface area contributed by atoms with Crippen molar-refractivity contribution in [2.45, 2.75) is 32.1 Å². The van der Waals surface area contributed by atoms with Crippen LogP contribution in [-0.2, 0) is 21.4 Å². The monoisotopic (exact) mass is 299 g/mol. The zero-order chi connectivity index (χ0) is 15.9. The predicted molar refractivity (Wildman–Crippen MR) is 83.8 cm³/mol. The number of ether oxygens (including phenoxy) is 2. The number of carbonyl (C=O) groups excluding carboxylic acids is 1. The number of nitrogens with zero attached hydrogens (tertiary/aromatic N) is 1. The lowest BCUT2D eigenvalue weighted by atomic mass is 9.58. The van der Waals surface area contributed by atoms with Gasteiger partial charge in [-0.25, -0.2) is 4.98 Å². The third kappa shape index (κ3) is 1.90. The van der Waals surface area contributed by atoms with Gasteiger partial charge in [-0.3, -0.25) is 4.79 Å². The Morgan fingerprint density at radius 1 is 1.41 bits per heavy atom. The molecule has 0 amide bonds. The van der Waals surface area contributed by atoms with E-state index in [1.54, 1.807) is 7.11 Å². The molecule has 4 heteroatoms. The molecular weight excluding hydrogens is 278 g/mol.